The highest BCUT2D eigenvalue weighted by atomic mass is 19.4. The summed E-state index contributed by atoms with van der Waals surface area (Å²) in [6.07, 6.45) is -1.39. The van der Waals surface area contributed by atoms with Crippen LogP contribution in [0.5, 0.6) is 17.4 Å². The van der Waals surface area contributed by atoms with Gasteiger partial charge in [0.15, 0.2) is 22.9 Å². The summed E-state index contributed by atoms with van der Waals surface area (Å²) >= 11 is 0. The SMILES string of the molecule is COc1ccc(Oc2cc(NCCC(F)(F)F)c3ncc(-c4ccc(C(=O)CC5CC5)c(C)c4)n3n2)c(F)c1F. The quantitative estimate of drug-likeness (QED) is 0.164. The molecule has 0 radical (unpaired) electrons. The van der Waals surface area contributed by atoms with Gasteiger partial charge in [-0.25, -0.2) is 9.50 Å². The Morgan fingerprint density at radius 2 is 1.82 bits per heavy atom. The summed E-state index contributed by atoms with van der Waals surface area (Å²) in [6.45, 7) is 1.35. The van der Waals surface area contributed by atoms with E-state index >= 15 is 0 Å². The molecule has 5 rings (SSSR count). The van der Waals surface area contributed by atoms with Gasteiger partial charge in [-0.1, -0.05) is 12.1 Å². The molecule has 0 aliphatic heterocycles. The highest BCUT2D eigenvalue weighted by molar-refractivity contribution is 5.98. The maximum absolute atomic E-state index is 14.6. The molecule has 1 aliphatic carbocycles. The molecule has 40 heavy (non-hydrogen) atoms. The summed E-state index contributed by atoms with van der Waals surface area (Å²) in [4.78, 5) is 17.0. The molecular weight excluding hydrogens is 535 g/mol. The predicted molar refractivity (Wildman–Crippen MR) is 137 cm³/mol. The average molecular weight is 561 g/mol. The lowest BCUT2D eigenvalue weighted by atomic mass is 9.98. The monoisotopic (exact) mass is 560 g/mol. The van der Waals surface area contributed by atoms with Crippen LogP contribution in [0.1, 0.15) is 41.6 Å². The molecule has 1 N–H and O–H groups in total. The van der Waals surface area contributed by atoms with Gasteiger partial charge in [-0.2, -0.15) is 22.0 Å². The maximum Gasteiger partial charge on any atom is 0.390 e. The summed E-state index contributed by atoms with van der Waals surface area (Å²) in [6, 6.07) is 8.85. The minimum atomic E-state index is -4.39. The van der Waals surface area contributed by atoms with Crippen LogP contribution in [0.3, 0.4) is 0 Å². The van der Waals surface area contributed by atoms with Crippen LogP contribution in [-0.2, 0) is 0 Å². The number of nitrogens with zero attached hydrogens (tertiary/aromatic N) is 3. The third kappa shape index (κ3) is 5.85. The number of halogens is 5. The molecule has 0 unspecified atom stereocenters. The number of nitrogens with one attached hydrogen (secondary N) is 1. The third-order valence-electron chi connectivity index (χ3n) is 6.61. The number of fused-ring (bicyclic) bond motifs is 1. The van der Waals surface area contributed by atoms with E-state index in [0.29, 0.717) is 29.2 Å². The molecule has 2 aromatic carbocycles. The fraction of sp³-hybridized carbons (Fsp3) is 0.321. The van der Waals surface area contributed by atoms with Crippen LogP contribution in [-0.4, -0.2) is 40.2 Å². The van der Waals surface area contributed by atoms with Crippen molar-refractivity contribution in [2.75, 3.05) is 19.0 Å². The van der Waals surface area contributed by atoms with E-state index in [1.807, 2.05) is 6.92 Å². The van der Waals surface area contributed by atoms with Crippen molar-refractivity contribution in [2.45, 2.75) is 38.8 Å². The first-order valence-corrected chi connectivity index (χ1v) is 12.6. The molecule has 210 valence electrons. The Morgan fingerprint density at radius 1 is 1.10 bits per heavy atom. The van der Waals surface area contributed by atoms with Gasteiger partial charge in [-0.3, -0.25) is 4.79 Å². The van der Waals surface area contributed by atoms with E-state index in [1.165, 1.54) is 30.0 Å². The number of hydrogen-bond donors (Lipinski definition) is 1. The summed E-state index contributed by atoms with van der Waals surface area (Å²) in [5.41, 5.74) is 2.80. The standard InChI is InChI=1S/C28H25F5N4O3/c1-15-11-17(5-6-18(15)21(38)12-16-3-4-16)20-14-35-27-19(34-10-9-28(31,32)33)13-24(36-37(20)27)40-23-8-7-22(39-2)25(29)26(23)30/h5-8,11,13-14,16,34H,3-4,9-10,12H2,1-2H3. The predicted octanol–water partition coefficient (Wildman–Crippen LogP) is 7.13. The number of imidazole rings is 1. The minimum Gasteiger partial charge on any atom is -0.494 e. The van der Waals surface area contributed by atoms with E-state index < -0.39 is 36.5 Å². The Labute approximate surface area is 225 Å². The van der Waals surface area contributed by atoms with Crippen LogP contribution in [0.15, 0.2) is 42.6 Å². The van der Waals surface area contributed by atoms with Gasteiger partial charge in [0.2, 0.25) is 17.5 Å². The van der Waals surface area contributed by atoms with Crippen LogP contribution in [0.2, 0.25) is 0 Å². The minimum absolute atomic E-state index is 0.0726. The fourth-order valence-corrected chi connectivity index (χ4v) is 4.35. The molecule has 1 fully saturated rings. The lowest BCUT2D eigenvalue weighted by molar-refractivity contribution is -0.131. The molecule has 0 amide bonds. The van der Waals surface area contributed by atoms with Gasteiger partial charge in [0, 0.05) is 30.2 Å². The van der Waals surface area contributed by atoms with E-state index in [2.05, 4.69) is 15.4 Å². The van der Waals surface area contributed by atoms with Crippen LogP contribution in [0.4, 0.5) is 27.6 Å². The number of ketones is 1. The van der Waals surface area contributed by atoms with Gasteiger partial charge in [0.25, 0.3) is 0 Å². The van der Waals surface area contributed by atoms with Crippen molar-refractivity contribution >= 4 is 17.1 Å². The van der Waals surface area contributed by atoms with Gasteiger partial charge in [-0.05, 0) is 49.4 Å². The maximum atomic E-state index is 14.6. The van der Waals surface area contributed by atoms with E-state index in [-0.39, 0.29) is 28.7 Å². The van der Waals surface area contributed by atoms with Crippen molar-refractivity contribution in [2.24, 2.45) is 5.92 Å². The number of anilines is 1. The highest BCUT2D eigenvalue weighted by Gasteiger charge is 2.27. The molecule has 0 bridgehead atoms. The molecule has 4 aromatic rings. The first-order valence-electron chi connectivity index (χ1n) is 12.6. The zero-order valence-electron chi connectivity index (χ0n) is 21.6. The summed E-state index contributed by atoms with van der Waals surface area (Å²) in [5.74, 6) is -3.11. The Balaban J connectivity index is 1.53. The Bertz CT molecular complexity index is 1580. The van der Waals surface area contributed by atoms with E-state index in [1.54, 1.807) is 18.2 Å². The van der Waals surface area contributed by atoms with Crippen LogP contribution in [0, 0.1) is 24.5 Å². The highest BCUT2D eigenvalue weighted by Crippen LogP contribution is 2.35. The number of aromatic nitrogens is 3. The second-order valence-corrected chi connectivity index (χ2v) is 9.66. The van der Waals surface area contributed by atoms with Crippen molar-refractivity contribution < 1.29 is 36.2 Å². The van der Waals surface area contributed by atoms with Crippen molar-refractivity contribution in [3.63, 3.8) is 0 Å². The van der Waals surface area contributed by atoms with E-state index in [0.717, 1.165) is 24.5 Å². The molecule has 2 heterocycles. The number of carbonyl (C=O) groups is 1. The molecule has 0 spiro atoms. The van der Waals surface area contributed by atoms with E-state index in [4.69, 9.17) is 9.47 Å². The van der Waals surface area contributed by atoms with Crippen LogP contribution >= 0.6 is 0 Å². The third-order valence-corrected chi connectivity index (χ3v) is 6.61. The number of aryl methyl sites for hydroxylation is 1. The number of ether oxygens (including phenoxy) is 2. The second-order valence-electron chi connectivity index (χ2n) is 9.66. The molecule has 0 atom stereocenters. The normalized spacial score (nSPS) is 13.5. The molecule has 12 heteroatoms. The largest absolute Gasteiger partial charge is 0.494 e. The smallest absolute Gasteiger partial charge is 0.390 e. The summed E-state index contributed by atoms with van der Waals surface area (Å²) in [7, 11) is 1.19. The number of methoxy groups -OCH3 is 1. The van der Waals surface area contributed by atoms with E-state index in [9.17, 15) is 26.7 Å². The summed E-state index contributed by atoms with van der Waals surface area (Å²) in [5, 5.41) is 7.04. The lowest BCUT2D eigenvalue weighted by Gasteiger charge is -2.14. The van der Waals surface area contributed by atoms with Crippen LogP contribution in [0.25, 0.3) is 16.9 Å². The lowest BCUT2D eigenvalue weighted by Crippen LogP contribution is -2.15. The Kier molecular flexibility index (Phi) is 7.35. The number of rotatable bonds is 10. The molecule has 1 aliphatic rings. The molecule has 2 aromatic heterocycles. The summed E-state index contributed by atoms with van der Waals surface area (Å²) < 4.78 is 78.9. The average Bonchev–Trinajstić information content (AvgIpc) is 3.61. The first kappa shape index (κ1) is 27.4. The molecule has 0 saturated heterocycles. The van der Waals surface area contributed by atoms with Crippen molar-refractivity contribution in [1.29, 1.82) is 0 Å². The van der Waals surface area contributed by atoms with Crippen molar-refractivity contribution in [1.82, 2.24) is 14.6 Å². The van der Waals surface area contributed by atoms with Crippen LogP contribution < -0.4 is 14.8 Å². The fourth-order valence-electron chi connectivity index (χ4n) is 4.35. The van der Waals surface area contributed by atoms with Gasteiger partial charge < -0.3 is 14.8 Å². The zero-order chi connectivity index (χ0) is 28.6. The first-order chi connectivity index (χ1) is 19.0. The molecular formula is C28H25F5N4O3. The number of hydrogen-bond acceptors (Lipinski definition) is 6. The van der Waals surface area contributed by atoms with Gasteiger partial charge in [-0.15, -0.1) is 5.10 Å². The molecule has 1 saturated carbocycles. The van der Waals surface area contributed by atoms with Gasteiger partial charge in [0.1, 0.15) is 0 Å². The van der Waals surface area contributed by atoms with Crippen molar-refractivity contribution in [3.8, 4) is 28.6 Å². The number of benzene rings is 2. The Morgan fingerprint density at radius 3 is 2.50 bits per heavy atom. The number of Topliss-reactive ketones (excluding diaryl/α,β-unsaturated/α-hetero) is 1. The zero-order valence-corrected chi connectivity index (χ0v) is 21.6. The van der Waals surface area contributed by atoms with Gasteiger partial charge in [0.05, 0.1) is 31.1 Å². The number of alkyl halides is 3. The number of carbonyl (C=O) groups excluding carboxylic acids is 1. The Hall–Kier alpha value is -4.22. The topological polar surface area (TPSA) is 77.8 Å². The molecule has 7 nitrogen and oxygen atoms in total. The second kappa shape index (κ2) is 10.7. The van der Waals surface area contributed by atoms with Crippen molar-refractivity contribution in [3.05, 3.63) is 65.4 Å². The van der Waals surface area contributed by atoms with Gasteiger partial charge >= 0.3 is 6.18 Å².